The minimum atomic E-state index is -1.18. The van der Waals surface area contributed by atoms with E-state index in [0.29, 0.717) is 30.5 Å². The summed E-state index contributed by atoms with van der Waals surface area (Å²) in [6.45, 7) is 1.79. The lowest BCUT2D eigenvalue weighted by Gasteiger charge is -2.42. The first kappa shape index (κ1) is 20.6. The Hall–Kier alpha value is -3.30. The molecule has 1 aromatic heterocycles. The molecule has 10 heteroatoms. The molecule has 2 bridgehead atoms. The molecular weight excluding hydrogens is 427 g/mol. The number of carbonyl (C=O) groups is 2. The number of carbonyl (C=O) groups excluding carboxylic acids is 2. The summed E-state index contributed by atoms with van der Waals surface area (Å²) >= 11 is 0. The highest BCUT2D eigenvalue weighted by Crippen LogP contribution is 2.48. The number of nitrogens with zero attached hydrogens (tertiary/aromatic N) is 2. The normalized spacial score (nSPS) is 25.6. The monoisotopic (exact) mass is 447 g/mol. The molecule has 2 fully saturated rings. The number of halogens is 3. The Morgan fingerprint density at radius 3 is 2.53 bits per heavy atom. The van der Waals surface area contributed by atoms with Crippen LogP contribution in [-0.4, -0.2) is 38.5 Å². The van der Waals surface area contributed by atoms with Crippen LogP contribution in [0.2, 0.25) is 0 Å². The van der Waals surface area contributed by atoms with E-state index in [1.165, 1.54) is 10.8 Å². The average molecular weight is 447 g/mol. The van der Waals surface area contributed by atoms with Gasteiger partial charge in [-0.1, -0.05) is 6.92 Å². The number of amides is 2. The fourth-order valence-electron chi connectivity index (χ4n) is 5.50. The first-order chi connectivity index (χ1) is 15.2. The molecule has 0 spiro atoms. The lowest BCUT2D eigenvalue weighted by Crippen LogP contribution is -2.54. The lowest BCUT2D eigenvalue weighted by molar-refractivity contribution is 0.0396. The Balaban J connectivity index is 1.44. The molecule has 7 nitrogen and oxygen atoms in total. The fraction of sp³-hybridized carbons (Fsp3) is 0.409. The van der Waals surface area contributed by atoms with Crippen molar-refractivity contribution < 1.29 is 27.9 Å². The van der Waals surface area contributed by atoms with Crippen LogP contribution in [0.5, 0.6) is 5.75 Å². The highest BCUT2D eigenvalue weighted by Gasteiger charge is 2.54. The van der Waals surface area contributed by atoms with Crippen LogP contribution in [0.15, 0.2) is 23.1 Å². The average Bonchev–Trinajstić information content (AvgIpc) is 3.27. The van der Waals surface area contributed by atoms with E-state index in [4.69, 9.17) is 0 Å². The smallest absolute Gasteiger partial charge is 0.275 e. The van der Waals surface area contributed by atoms with Gasteiger partial charge in [-0.25, -0.2) is 13.2 Å². The summed E-state index contributed by atoms with van der Waals surface area (Å²) in [6, 6.07) is 0.968. The zero-order valence-corrected chi connectivity index (χ0v) is 17.1. The maximum atomic E-state index is 13.8. The Morgan fingerprint density at radius 1 is 1.16 bits per heavy atom. The van der Waals surface area contributed by atoms with Crippen molar-refractivity contribution in [2.75, 3.05) is 0 Å². The van der Waals surface area contributed by atoms with E-state index >= 15 is 0 Å². The number of pyridine rings is 1. The largest absolute Gasteiger partial charge is 0.503 e. The number of nitrogens with one attached hydrogen (secondary N) is 1. The van der Waals surface area contributed by atoms with Gasteiger partial charge in [-0.15, -0.1) is 0 Å². The van der Waals surface area contributed by atoms with Crippen molar-refractivity contribution in [1.82, 2.24) is 14.8 Å². The Labute approximate surface area is 180 Å². The summed E-state index contributed by atoms with van der Waals surface area (Å²) < 4.78 is 42.1. The number of aromatic nitrogens is 1. The van der Waals surface area contributed by atoms with Gasteiger partial charge in [0.05, 0.1) is 6.04 Å². The standard InChI is InChI=1S/C22H20F3N3O4/c1-9-2-10-3-16(9)28-17(10)8-27-7-13(19(29)20(30)18(27)22(28)32)21(31)26-6-12-14(24)4-11(23)5-15(12)25/h4-5,7,9-10,16-17,30H,2-3,6,8H2,1H3,(H,26,31)/t9-,10?,16+,17+/m0/s1. The van der Waals surface area contributed by atoms with Gasteiger partial charge < -0.3 is 19.9 Å². The molecule has 2 N–H and O–H groups in total. The number of benzene rings is 1. The zero-order chi connectivity index (χ0) is 22.9. The highest BCUT2D eigenvalue weighted by atomic mass is 19.1. The van der Waals surface area contributed by atoms with Crippen molar-refractivity contribution in [3.63, 3.8) is 0 Å². The third-order valence-electron chi connectivity index (χ3n) is 6.99. The predicted molar refractivity (Wildman–Crippen MR) is 105 cm³/mol. The Morgan fingerprint density at radius 2 is 1.84 bits per heavy atom. The van der Waals surface area contributed by atoms with Crippen LogP contribution in [-0.2, 0) is 13.1 Å². The van der Waals surface area contributed by atoms with Gasteiger partial charge in [0, 0.05) is 43.0 Å². The molecule has 0 radical (unpaired) electrons. The molecule has 2 aliphatic heterocycles. The quantitative estimate of drug-likeness (QED) is 0.755. The van der Waals surface area contributed by atoms with Gasteiger partial charge in [0.15, 0.2) is 11.4 Å². The van der Waals surface area contributed by atoms with Crippen molar-refractivity contribution in [2.45, 2.75) is 44.9 Å². The molecule has 1 aromatic carbocycles. The minimum absolute atomic E-state index is 0.0728. The van der Waals surface area contributed by atoms with Crippen LogP contribution in [0.4, 0.5) is 13.2 Å². The molecular formula is C22H20F3N3O4. The SMILES string of the molecule is C[C@H]1CC2C[C@H]1N1C(=O)c3c(O)c(=O)c(C(=O)NCc4c(F)cc(F)cc4F)cn3C[C@H]21. The number of fused-ring (bicyclic) bond motifs is 6. The predicted octanol–water partition coefficient (Wildman–Crippen LogP) is 2.15. The first-order valence-corrected chi connectivity index (χ1v) is 10.4. The van der Waals surface area contributed by atoms with Crippen LogP contribution in [0, 0.1) is 29.3 Å². The van der Waals surface area contributed by atoms with Crippen molar-refractivity contribution in [3.05, 3.63) is 62.8 Å². The van der Waals surface area contributed by atoms with E-state index in [1.807, 2.05) is 0 Å². The summed E-state index contributed by atoms with van der Waals surface area (Å²) in [6.07, 6.45) is 3.07. The number of hydrogen-bond acceptors (Lipinski definition) is 4. The minimum Gasteiger partial charge on any atom is -0.503 e. The molecule has 1 saturated heterocycles. The maximum Gasteiger partial charge on any atom is 0.275 e. The second kappa shape index (κ2) is 7.11. The van der Waals surface area contributed by atoms with Gasteiger partial charge in [-0.2, -0.15) is 0 Å². The second-order valence-corrected chi connectivity index (χ2v) is 8.81. The van der Waals surface area contributed by atoms with Crippen LogP contribution in [0.1, 0.15) is 46.2 Å². The topological polar surface area (TPSA) is 91.6 Å². The molecule has 2 aromatic rings. The molecule has 1 aliphatic carbocycles. The Bertz CT molecular complexity index is 1200. The lowest BCUT2D eigenvalue weighted by atomic mass is 9.91. The van der Waals surface area contributed by atoms with E-state index in [1.54, 1.807) is 4.90 Å². The molecule has 5 rings (SSSR count). The third kappa shape index (κ3) is 2.92. The number of hydrogen-bond donors (Lipinski definition) is 2. The van der Waals surface area contributed by atoms with Gasteiger partial charge in [-0.05, 0) is 24.7 Å². The molecule has 1 saturated carbocycles. The van der Waals surface area contributed by atoms with Gasteiger partial charge in [-0.3, -0.25) is 14.4 Å². The van der Waals surface area contributed by atoms with Crippen molar-refractivity contribution >= 4 is 11.8 Å². The summed E-state index contributed by atoms with van der Waals surface area (Å²) in [4.78, 5) is 40.1. The summed E-state index contributed by atoms with van der Waals surface area (Å²) in [7, 11) is 0. The van der Waals surface area contributed by atoms with Crippen LogP contribution >= 0.6 is 0 Å². The van der Waals surface area contributed by atoms with E-state index in [2.05, 4.69) is 12.2 Å². The summed E-state index contributed by atoms with van der Waals surface area (Å²) in [5, 5.41) is 12.7. The summed E-state index contributed by atoms with van der Waals surface area (Å²) in [5.41, 5.74) is -2.22. The van der Waals surface area contributed by atoms with Gasteiger partial charge in [0.2, 0.25) is 5.43 Å². The Kier molecular flexibility index (Phi) is 4.58. The van der Waals surface area contributed by atoms with E-state index in [0.717, 1.165) is 12.8 Å². The third-order valence-corrected chi connectivity index (χ3v) is 6.99. The molecule has 168 valence electrons. The summed E-state index contributed by atoms with van der Waals surface area (Å²) in [5.74, 6) is -5.02. The maximum absolute atomic E-state index is 13.8. The van der Waals surface area contributed by atoms with Gasteiger partial charge in [0.25, 0.3) is 11.8 Å². The van der Waals surface area contributed by atoms with Crippen LogP contribution in [0.3, 0.4) is 0 Å². The van der Waals surface area contributed by atoms with Crippen molar-refractivity contribution in [1.29, 1.82) is 0 Å². The van der Waals surface area contributed by atoms with Crippen LogP contribution < -0.4 is 10.7 Å². The van der Waals surface area contributed by atoms with E-state index in [9.17, 15) is 32.7 Å². The fourth-order valence-corrected chi connectivity index (χ4v) is 5.50. The molecule has 4 atom stereocenters. The molecule has 2 amide bonds. The molecule has 3 heterocycles. The van der Waals surface area contributed by atoms with Gasteiger partial charge in [0.1, 0.15) is 23.0 Å². The van der Waals surface area contributed by atoms with E-state index < -0.39 is 58.1 Å². The zero-order valence-electron chi connectivity index (χ0n) is 17.1. The second-order valence-electron chi connectivity index (χ2n) is 8.81. The van der Waals surface area contributed by atoms with Crippen molar-refractivity contribution in [3.8, 4) is 5.75 Å². The number of rotatable bonds is 3. The van der Waals surface area contributed by atoms with E-state index in [-0.39, 0.29) is 17.8 Å². The van der Waals surface area contributed by atoms with Gasteiger partial charge >= 0.3 is 0 Å². The first-order valence-electron chi connectivity index (χ1n) is 10.4. The molecule has 3 aliphatic rings. The van der Waals surface area contributed by atoms with Crippen molar-refractivity contribution in [2.24, 2.45) is 11.8 Å². The number of piperidine rings is 1. The molecule has 1 unspecified atom stereocenters. The number of aromatic hydroxyl groups is 1. The van der Waals surface area contributed by atoms with Crippen LogP contribution in [0.25, 0.3) is 0 Å². The highest BCUT2D eigenvalue weighted by molar-refractivity contribution is 5.99. The molecule has 32 heavy (non-hydrogen) atoms.